The van der Waals surface area contributed by atoms with Gasteiger partial charge in [0.1, 0.15) is 17.8 Å². The standard InChI is InChI=1S/C21H27F3N6O/c22-21(23,24)18-12-19(27-14-26-18)25-13-16-6-3-4-8-29(16)9-10-30-20(31)11-15-5-1-2-7-17(15)28-30/h11-12,14,16H,1-10,13H2,(H,25,26,27). The van der Waals surface area contributed by atoms with Crippen LogP contribution in [0.4, 0.5) is 19.0 Å². The number of rotatable bonds is 6. The van der Waals surface area contributed by atoms with Crippen LogP contribution in [0.5, 0.6) is 0 Å². The number of hydrogen-bond acceptors (Lipinski definition) is 6. The zero-order valence-corrected chi connectivity index (χ0v) is 17.4. The predicted molar refractivity (Wildman–Crippen MR) is 110 cm³/mol. The number of alkyl halides is 3. The van der Waals surface area contributed by atoms with Gasteiger partial charge < -0.3 is 5.32 Å². The van der Waals surface area contributed by atoms with Gasteiger partial charge in [-0.05, 0) is 50.6 Å². The summed E-state index contributed by atoms with van der Waals surface area (Å²) in [4.78, 5) is 21.9. The van der Waals surface area contributed by atoms with Gasteiger partial charge in [0.05, 0.1) is 12.2 Å². The second kappa shape index (κ2) is 9.33. The minimum Gasteiger partial charge on any atom is -0.368 e. The summed E-state index contributed by atoms with van der Waals surface area (Å²) in [5.74, 6) is 0.167. The van der Waals surface area contributed by atoms with Crippen LogP contribution in [0.25, 0.3) is 0 Å². The number of fused-ring (bicyclic) bond motifs is 1. The molecule has 168 valence electrons. The van der Waals surface area contributed by atoms with E-state index in [1.807, 2.05) is 0 Å². The lowest BCUT2D eigenvalue weighted by atomic mass is 9.97. The molecule has 1 unspecified atom stereocenters. The minimum absolute atomic E-state index is 0.0620. The molecule has 0 aromatic carbocycles. The second-order valence-corrected chi connectivity index (χ2v) is 8.24. The average molecular weight is 436 g/mol. The Kier molecular flexibility index (Phi) is 6.54. The molecule has 4 rings (SSSR count). The number of aromatic nitrogens is 4. The van der Waals surface area contributed by atoms with Crippen molar-refractivity contribution < 1.29 is 13.2 Å². The fourth-order valence-electron chi connectivity index (χ4n) is 4.40. The van der Waals surface area contributed by atoms with Gasteiger partial charge in [0, 0.05) is 31.3 Å². The molecule has 1 aliphatic heterocycles. The van der Waals surface area contributed by atoms with Crippen LogP contribution in [0.2, 0.25) is 0 Å². The Morgan fingerprint density at radius 2 is 1.90 bits per heavy atom. The first kappa shape index (κ1) is 21.7. The number of anilines is 1. The third-order valence-electron chi connectivity index (χ3n) is 6.10. The van der Waals surface area contributed by atoms with Gasteiger partial charge in [-0.2, -0.15) is 18.3 Å². The first-order chi connectivity index (χ1) is 14.9. The van der Waals surface area contributed by atoms with Gasteiger partial charge in [-0.3, -0.25) is 9.69 Å². The highest BCUT2D eigenvalue weighted by Crippen LogP contribution is 2.28. The number of halogens is 3. The molecule has 3 heterocycles. The molecule has 10 heteroatoms. The van der Waals surface area contributed by atoms with E-state index in [0.29, 0.717) is 19.6 Å². The van der Waals surface area contributed by atoms with E-state index in [4.69, 9.17) is 0 Å². The SMILES string of the molecule is O=c1cc2c(nn1CCN1CCCCC1CNc1cc(C(F)(F)F)ncn1)CCCC2. The summed E-state index contributed by atoms with van der Waals surface area (Å²) in [5, 5.41) is 7.62. The normalized spacial score (nSPS) is 19.8. The van der Waals surface area contributed by atoms with Gasteiger partial charge in [0.2, 0.25) is 0 Å². The third kappa shape index (κ3) is 5.41. The predicted octanol–water partition coefficient (Wildman–Crippen LogP) is 2.90. The summed E-state index contributed by atoms with van der Waals surface area (Å²) in [6.07, 6.45) is 3.57. The van der Waals surface area contributed by atoms with Crippen LogP contribution in [-0.4, -0.2) is 50.3 Å². The van der Waals surface area contributed by atoms with Gasteiger partial charge in [-0.1, -0.05) is 6.42 Å². The summed E-state index contributed by atoms with van der Waals surface area (Å²) in [7, 11) is 0. The van der Waals surface area contributed by atoms with E-state index in [1.54, 1.807) is 10.7 Å². The Morgan fingerprint density at radius 3 is 2.74 bits per heavy atom. The molecular formula is C21H27F3N6O. The smallest absolute Gasteiger partial charge is 0.368 e. The third-order valence-corrected chi connectivity index (χ3v) is 6.10. The zero-order valence-electron chi connectivity index (χ0n) is 17.4. The van der Waals surface area contributed by atoms with Crippen LogP contribution in [0.3, 0.4) is 0 Å². The van der Waals surface area contributed by atoms with E-state index in [-0.39, 0.29) is 17.4 Å². The van der Waals surface area contributed by atoms with Crippen LogP contribution in [-0.2, 0) is 25.6 Å². The molecule has 1 N–H and O–H groups in total. The maximum Gasteiger partial charge on any atom is 0.433 e. The average Bonchev–Trinajstić information content (AvgIpc) is 2.76. The molecule has 2 aromatic rings. The molecule has 1 fully saturated rings. The van der Waals surface area contributed by atoms with Crippen molar-refractivity contribution in [3.05, 3.63) is 45.8 Å². The van der Waals surface area contributed by atoms with E-state index < -0.39 is 11.9 Å². The monoisotopic (exact) mass is 436 g/mol. The molecule has 1 saturated heterocycles. The number of piperidine rings is 1. The van der Waals surface area contributed by atoms with E-state index in [0.717, 1.165) is 75.1 Å². The van der Waals surface area contributed by atoms with Crippen LogP contribution in [0, 0.1) is 0 Å². The summed E-state index contributed by atoms with van der Waals surface area (Å²) in [6.45, 7) is 2.56. The number of hydrogen-bond donors (Lipinski definition) is 1. The quantitative estimate of drug-likeness (QED) is 0.751. The topological polar surface area (TPSA) is 75.9 Å². The molecule has 0 spiro atoms. The molecule has 31 heavy (non-hydrogen) atoms. The Bertz CT molecular complexity index is 961. The number of nitrogens with one attached hydrogen (secondary N) is 1. The molecule has 7 nitrogen and oxygen atoms in total. The molecule has 1 atom stereocenters. The fraction of sp³-hybridized carbons (Fsp3) is 0.619. The highest BCUT2D eigenvalue weighted by molar-refractivity contribution is 5.35. The highest BCUT2D eigenvalue weighted by Gasteiger charge is 2.33. The van der Waals surface area contributed by atoms with Crippen LogP contribution in [0.1, 0.15) is 49.1 Å². The number of likely N-dealkylation sites (tertiary alicyclic amines) is 1. The van der Waals surface area contributed by atoms with Gasteiger partial charge in [-0.15, -0.1) is 0 Å². The largest absolute Gasteiger partial charge is 0.433 e. The fourth-order valence-corrected chi connectivity index (χ4v) is 4.40. The first-order valence-corrected chi connectivity index (χ1v) is 10.9. The Hall–Kier alpha value is -2.49. The van der Waals surface area contributed by atoms with Crippen molar-refractivity contribution in [1.82, 2.24) is 24.6 Å². The van der Waals surface area contributed by atoms with Crippen molar-refractivity contribution >= 4 is 5.82 Å². The van der Waals surface area contributed by atoms with Gasteiger partial charge in [0.25, 0.3) is 5.56 Å². The van der Waals surface area contributed by atoms with Gasteiger partial charge in [0.15, 0.2) is 0 Å². The summed E-state index contributed by atoms with van der Waals surface area (Å²) in [5.41, 5.74) is 1.10. The van der Waals surface area contributed by atoms with Gasteiger partial charge in [-0.25, -0.2) is 14.6 Å². The molecule has 0 saturated carbocycles. The second-order valence-electron chi connectivity index (χ2n) is 8.24. The summed E-state index contributed by atoms with van der Waals surface area (Å²) in [6, 6.07) is 2.82. The van der Waals surface area contributed by atoms with E-state index in [9.17, 15) is 18.0 Å². The number of nitrogens with zero attached hydrogens (tertiary/aromatic N) is 5. The van der Waals surface area contributed by atoms with Crippen molar-refractivity contribution in [2.24, 2.45) is 0 Å². The van der Waals surface area contributed by atoms with Gasteiger partial charge >= 0.3 is 6.18 Å². The molecule has 1 aliphatic carbocycles. The Balaban J connectivity index is 1.38. The van der Waals surface area contributed by atoms with Crippen molar-refractivity contribution in [2.45, 2.75) is 63.7 Å². The first-order valence-electron chi connectivity index (χ1n) is 10.9. The maximum absolute atomic E-state index is 12.9. The maximum atomic E-state index is 12.9. The van der Waals surface area contributed by atoms with Crippen molar-refractivity contribution in [2.75, 3.05) is 25.0 Å². The Labute approximate surface area is 178 Å². The lowest BCUT2D eigenvalue weighted by Crippen LogP contribution is -2.45. The van der Waals surface area contributed by atoms with Crippen molar-refractivity contribution in [3.8, 4) is 0 Å². The highest BCUT2D eigenvalue weighted by atomic mass is 19.4. The van der Waals surface area contributed by atoms with Crippen molar-refractivity contribution in [3.63, 3.8) is 0 Å². The molecule has 0 bridgehead atoms. The Morgan fingerprint density at radius 1 is 1.06 bits per heavy atom. The van der Waals surface area contributed by atoms with Crippen molar-refractivity contribution in [1.29, 1.82) is 0 Å². The summed E-state index contributed by atoms with van der Waals surface area (Å²) < 4.78 is 40.2. The lowest BCUT2D eigenvalue weighted by Gasteiger charge is -2.36. The molecule has 2 aliphatic rings. The minimum atomic E-state index is -4.49. The molecule has 0 radical (unpaired) electrons. The lowest BCUT2D eigenvalue weighted by molar-refractivity contribution is -0.141. The molecule has 0 amide bonds. The van der Waals surface area contributed by atoms with Crippen LogP contribution < -0.4 is 10.9 Å². The number of aryl methyl sites for hydroxylation is 2. The summed E-state index contributed by atoms with van der Waals surface area (Å²) >= 11 is 0. The van der Waals surface area contributed by atoms with E-state index >= 15 is 0 Å². The van der Waals surface area contributed by atoms with E-state index in [2.05, 4.69) is 25.3 Å². The molecule has 2 aromatic heterocycles. The van der Waals surface area contributed by atoms with Crippen LogP contribution in [0.15, 0.2) is 23.3 Å². The zero-order chi connectivity index (χ0) is 21.8. The van der Waals surface area contributed by atoms with E-state index in [1.165, 1.54) is 0 Å². The molecular weight excluding hydrogens is 409 g/mol. The van der Waals surface area contributed by atoms with Crippen LogP contribution >= 0.6 is 0 Å².